The SMILES string of the molecule is CCn1c(-c2ccncc2-c2ccc(C)cc2C)nc2cc(C(=O)NC)ccc21. The molecule has 0 spiro atoms. The summed E-state index contributed by atoms with van der Waals surface area (Å²) in [7, 11) is 1.63. The second kappa shape index (κ2) is 7.51. The zero-order valence-electron chi connectivity index (χ0n) is 17.2. The van der Waals surface area contributed by atoms with E-state index >= 15 is 0 Å². The van der Waals surface area contributed by atoms with Crippen LogP contribution in [0.15, 0.2) is 54.9 Å². The lowest BCUT2D eigenvalue weighted by atomic mass is 9.96. The number of nitrogens with one attached hydrogen (secondary N) is 1. The van der Waals surface area contributed by atoms with Crippen molar-refractivity contribution < 1.29 is 4.79 Å². The van der Waals surface area contributed by atoms with E-state index < -0.39 is 0 Å². The van der Waals surface area contributed by atoms with Crippen molar-refractivity contribution in [3.63, 3.8) is 0 Å². The minimum Gasteiger partial charge on any atom is -0.355 e. The molecular formula is C24H24N4O. The number of imidazole rings is 1. The van der Waals surface area contributed by atoms with Gasteiger partial charge in [-0.2, -0.15) is 0 Å². The smallest absolute Gasteiger partial charge is 0.251 e. The topological polar surface area (TPSA) is 59.8 Å². The Balaban J connectivity index is 1.94. The first-order valence-corrected chi connectivity index (χ1v) is 9.78. The zero-order valence-corrected chi connectivity index (χ0v) is 17.2. The Morgan fingerprint density at radius 2 is 1.86 bits per heavy atom. The Morgan fingerprint density at radius 1 is 1.03 bits per heavy atom. The zero-order chi connectivity index (χ0) is 20.5. The molecule has 0 saturated heterocycles. The fourth-order valence-corrected chi connectivity index (χ4v) is 3.86. The van der Waals surface area contributed by atoms with Crippen LogP contribution in [0.5, 0.6) is 0 Å². The first-order valence-electron chi connectivity index (χ1n) is 9.78. The number of rotatable bonds is 4. The van der Waals surface area contributed by atoms with Crippen LogP contribution in [0, 0.1) is 13.8 Å². The maximum atomic E-state index is 12.0. The molecule has 0 aliphatic heterocycles. The van der Waals surface area contributed by atoms with E-state index in [1.54, 1.807) is 13.2 Å². The van der Waals surface area contributed by atoms with E-state index in [9.17, 15) is 4.79 Å². The van der Waals surface area contributed by atoms with Crippen molar-refractivity contribution in [2.45, 2.75) is 27.3 Å². The third kappa shape index (κ3) is 3.29. The highest BCUT2D eigenvalue weighted by atomic mass is 16.1. The molecule has 4 rings (SSSR count). The van der Waals surface area contributed by atoms with Crippen LogP contribution in [0.25, 0.3) is 33.5 Å². The molecule has 0 aliphatic rings. The first-order chi connectivity index (χ1) is 14.0. The van der Waals surface area contributed by atoms with Gasteiger partial charge in [0.25, 0.3) is 5.91 Å². The van der Waals surface area contributed by atoms with Gasteiger partial charge in [-0.15, -0.1) is 0 Å². The summed E-state index contributed by atoms with van der Waals surface area (Å²) in [6.07, 6.45) is 3.71. The van der Waals surface area contributed by atoms with E-state index in [4.69, 9.17) is 4.98 Å². The van der Waals surface area contributed by atoms with Gasteiger partial charge in [0, 0.05) is 42.7 Å². The van der Waals surface area contributed by atoms with Crippen LogP contribution in [-0.2, 0) is 6.54 Å². The molecule has 2 aromatic heterocycles. The molecular weight excluding hydrogens is 360 g/mol. The molecule has 0 unspecified atom stereocenters. The number of nitrogens with zero attached hydrogens (tertiary/aromatic N) is 3. The molecule has 0 aliphatic carbocycles. The lowest BCUT2D eigenvalue weighted by molar-refractivity contribution is 0.0963. The van der Waals surface area contributed by atoms with Crippen molar-refractivity contribution in [1.82, 2.24) is 19.9 Å². The van der Waals surface area contributed by atoms with Crippen molar-refractivity contribution in [1.29, 1.82) is 0 Å². The van der Waals surface area contributed by atoms with Gasteiger partial charge in [0.2, 0.25) is 0 Å². The predicted octanol–water partition coefficient (Wildman–Crippen LogP) is 4.76. The molecule has 5 heteroatoms. The molecule has 0 saturated carbocycles. The van der Waals surface area contributed by atoms with Crippen molar-refractivity contribution >= 4 is 16.9 Å². The second-order valence-electron chi connectivity index (χ2n) is 7.20. The molecule has 1 amide bonds. The summed E-state index contributed by atoms with van der Waals surface area (Å²) < 4.78 is 2.19. The van der Waals surface area contributed by atoms with Gasteiger partial charge in [-0.3, -0.25) is 9.78 Å². The van der Waals surface area contributed by atoms with Crippen molar-refractivity contribution in [2.75, 3.05) is 7.05 Å². The Labute approximate surface area is 170 Å². The van der Waals surface area contributed by atoms with Crippen LogP contribution >= 0.6 is 0 Å². The molecule has 1 N–H and O–H groups in total. The summed E-state index contributed by atoms with van der Waals surface area (Å²) in [5.74, 6) is 0.772. The molecule has 5 nitrogen and oxygen atoms in total. The standard InChI is InChI=1S/C24H24N4O/c1-5-28-22-9-7-17(24(29)25-4)13-21(22)27-23(28)19-10-11-26-14-20(19)18-8-6-15(2)12-16(18)3/h6-14H,5H2,1-4H3,(H,25,29). The number of carbonyl (C=O) groups excluding carboxylic acids is 1. The van der Waals surface area contributed by atoms with Crippen LogP contribution in [0.4, 0.5) is 0 Å². The van der Waals surface area contributed by atoms with Crippen LogP contribution in [-0.4, -0.2) is 27.5 Å². The lowest BCUT2D eigenvalue weighted by Crippen LogP contribution is -2.17. The quantitative estimate of drug-likeness (QED) is 0.552. The fraction of sp³-hybridized carbons (Fsp3) is 0.208. The number of aryl methyl sites for hydroxylation is 3. The monoisotopic (exact) mass is 384 g/mol. The van der Waals surface area contributed by atoms with Gasteiger partial charge in [-0.25, -0.2) is 4.98 Å². The van der Waals surface area contributed by atoms with Crippen LogP contribution < -0.4 is 5.32 Å². The van der Waals surface area contributed by atoms with Gasteiger partial charge in [-0.1, -0.05) is 23.8 Å². The van der Waals surface area contributed by atoms with Crippen LogP contribution in [0.3, 0.4) is 0 Å². The Bertz CT molecular complexity index is 1220. The molecule has 29 heavy (non-hydrogen) atoms. The largest absolute Gasteiger partial charge is 0.355 e. The number of pyridine rings is 1. The number of benzene rings is 2. The van der Waals surface area contributed by atoms with Crippen molar-refractivity contribution in [3.8, 4) is 22.5 Å². The highest BCUT2D eigenvalue weighted by Gasteiger charge is 2.18. The maximum absolute atomic E-state index is 12.0. The van der Waals surface area contributed by atoms with Gasteiger partial charge in [-0.05, 0) is 56.2 Å². The van der Waals surface area contributed by atoms with E-state index in [1.165, 1.54) is 11.1 Å². The van der Waals surface area contributed by atoms with E-state index in [0.29, 0.717) is 5.56 Å². The van der Waals surface area contributed by atoms with Crippen molar-refractivity contribution in [3.05, 3.63) is 71.5 Å². The Hall–Kier alpha value is -3.47. The van der Waals surface area contributed by atoms with Crippen LogP contribution in [0.1, 0.15) is 28.4 Å². The molecule has 4 aromatic rings. The molecule has 0 atom stereocenters. The maximum Gasteiger partial charge on any atom is 0.251 e. The second-order valence-corrected chi connectivity index (χ2v) is 7.20. The number of fused-ring (bicyclic) bond motifs is 1. The first kappa shape index (κ1) is 18.9. The highest BCUT2D eigenvalue weighted by Crippen LogP contribution is 2.35. The number of hydrogen-bond acceptors (Lipinski definition) is 3. The minimum absolute atomic E-state index is 0.112. The number of amides is 1. The van der Waals surface area contributed by atoms with Crippen molar-refractivity contribution in [2.24, 2.45) is 0 Å². The summed E-state index contributed by atoms with van der Waals surface area (Å²) in [5, 5.41) is 2.67. The van der Waals surface area contributed by atoms with Gasteiger partial charge in [0.1, 0.15) is 5.82 Å². The summed E-state index contributed by atoms with van der Waals surface area (Å²) in [6, 6.07) is 14.1. The van der Waals surface area contributed by atoms with Crippen LogP contribution in [0.2, 0.25) is 0 Å². The van der Waals surface area contributed by atoms with E-state index in [2.05, 4.69) is 53.8 Å². The molecule has 0 fully saturated rings. The van der Waals surface area contributed by atoms with Gasteiger partial charge >= 0.3 is 0 Å². The fourth-order valence-electron chi connectivity index (χ4n) is 3.86. The highest BCUT2D eigenvalue weighted by molar-refractivity contribution is 5.98. The average molecular weight is 384 g/mol. The van der Waals surface area contributed by atoms with E-state index in [-0.39, 0.29) is 5.91 Å². The minimum atomic E-state index is -0.112. The summed E-state index contributed by atoms with van der Waals surface area (Å²) in [6.45, 7) is 7.11. The number of carbonyl (C=O) groups is 1. The average Bonchev–Trinajstić information content (AvgIpc) is 3.10. The Kier molecular flexibility index (Phi) is 4.89. The number of aromatic nitrogens is 3. The lowest BCUT2D eigenvalue weighted by Gasteiger charge is -2.13. The summed E-state index contributed by atoms with van der Waals surface area (Å²) >= 11 is 0. The summed E-state index contributed by atoms with van der Waals surface area (Å²) in [5.41, 5.74) is 8.12. The number of hydrogen-bond donors (Lipinski definition) is 1. The molecule has 0 radical (unpaired) electrons. The van der Waals surface area contributed by atoms with E-state index in [0.717, 1.165) is 40.1 Å². The van der Waals surface area contributed by atoms with Gasteiger partial charge in [0.05, 0.1) is 11.0 Å². The summed E-state index contributed by atoms with van der Waals surface area (Å²) in [4.78, 5) is 21.3. The Morgan fingerprint density at radius 3 is 2.59 bits per heavy atom. The molecule has 2 heterocycles. The third-order valence-corrected chi connectivity index (χ3v) is 5.29. The molecule has 2 aromatic carbocycles. The normalized spacial score (nSPS) is 11.0. The third-order valence-electron chi connectivity index (χ3n) is 5.29. The molecule has 146 valence electrons. The van der Waals surface area contributed by atoms with Gasteiger partial charge < -0.3 is 9.88 Å². The predicted molar refractivity (Wildman–Crippen MR) is 117 cm³/mol. The molecule has 0 bridgehead atoms. The van der Waals surface area contributed by atoms with E-state index in [1.807, 2.05) is 30.5 Å². The van der Waals surface area contributed by atoms with Gasteiger partial charge in [0.15, 0.2) is 0 Å².